The molecule has 3 fully saturated rings. The lowest BCUT2D eigenvalue weighted by molar-refractivity contribution is -0.147. The van der Waals surface area contributed by atoms with Gasteiger partial charge in [0.1, 0.15) is 12.2 Å². The summed E-state index contributed by atoms with van der Waals surface area (Å²) in [5.74, 6) is 0.182. The smallest absolute Gasteiger partial charge is 0.225 e. The van der Waals surface area contributed by atoms with Crippen molar-refractivity contribution < 1.29 is 19.0 Å². The van der Waals surface area contributed by atoms with Gasteiger partial charge in [0, 0.05) is 32.7 Å². The second-order valence-electron chi connectivity index (χ2n) is 7.71. The minimum atomic E-state index is -0.238. The molecule has 2 aliphatic heterocycles. The molecule has 0 aromatic carbocycles. The molecule has 2 saturated heterocycles. The van der Waals surface area contributed by atoms with Gasteiger partial charge in [0.2, 0.25) is 5.91 Å². The quantitative estimate of drug-likeness (QED) is 0.779. The molecule has 1 aromatic rings. The van der Waals surface area contributed by atoms with E-state index in [1.807, 2.05) is 17.0 Å². The molecule has 0 bridgehead atoms. The number of nitrogens with zero attached hydrogens (tertiary/aromatic N) is 2. The average molecular weight is 360 g/mol. The van der Waals surface area contributed by atoms with Gasteiger partial charge in [-0.2, -0.15) is 0 Å². The van der Waals surface area contributed by atoms with Crippen LogP contribution in [0.1, 0.15) is 44.1 Å². The number of amides is 1. The molecule has 6 nitrogen and oxygen atoms in total. The van der Waals surface area contributed by atoms with Crippen molar-refractivity contribution in [2.24, 2.45) is 0 Å². The van der Waals surface area contributed by atoms with Crippen molar-refractivity contribution in [3.63, 3.8) is 0 Å². The fourth-order valence-electron chi connectivity index (χ4n) is 4.43. The highest BCUT2D eigenvalue weighted by atomic mass is 16.5. The molecule has 3 atom stereocenters. The van der Waals surface area contributed by atoms with Crippen LogP contribution < -0.4 is 0 Å². The summed E-state index contributed by atoms with van der Waals surface area (Å²) in [6, 6.07) is 4.04. The number of aromatic nitrogens is 1. The van der Waals surface area contributed by atoms with Gasteiger partial charge in [-0.05, 0) is 49.8 Å². The van der Waals surface area contributed by atoms with Crippen LogP contribution in [0.15, 0.2) is 24.5 Å². The second-order valence-corrected chi connectivity index (χ2v) is 7.71. The number of carbonyl (C=O) groups excluding carboxylic acids is 1. The third-order valence-corrected chi connectivity index (χ3v) is 6.18. The zero-order valence-corrected chi connectivity index (χ0v) is 15.4. The molecular weight excluding hydrogens is 332 g/mol. The van der Waals surface area contributed by atoms with Crippen LogP contribution in [0.3, 0.4) is 0 Å². The van der Waals surface area contributed by atoms with E-state index in [0.29, 0.717) is 19.6 Å². The first kappa shape index (κ1) is 17.9. The Morgan fingerprint density at radius 1 is 1.35 bits per heavy atom. The third-order valence-electron chi connectivity index (χ3n) is 6.18. The molecule has 1 aliphatic carbocycles. The Labute approximate surface area is 154 Å². The molecule has 0 radical (unpaired) electrons. The normalized spacial score (nSPS) is 29.9. The van der Waals surface area contributed by atoms with Crippen LogP contribution in [0.5, 0.6) is 0 Å². The Morgan fingerprint density at radius 2 is 2.15 bits per heavy atom. The first-order valence-corrected chi connectivity index (χ1v) is 9.67. The lowest BCUT2D eigenvalue weighted by Gasteiger charge is -2.41. The number of rotatable bonds is 6. The zero-order chi connectivity index (χ0) is 18.0. The topological polar surface area (TPSA) is 60.9 Å². The standard InChI is InChI=1S/C20H28N2O4/c1-24-20(7-3-8-20)12-18(23)22-13-17(19-16(22)4-2-11-25-19)26-14-15-5-9-21-10-6-15/h5-6,9-10,16-17,19H,2-4,7-8,11-14H2,1H3/t16-,17+,19+/m1/s1. The van der Waals surface area contributed by atoms with Crippen LogP contribution in [0.25, 0.3) is 0 Å². The predicted octanol–water partition coefficient (Wildman–Crippen LogP) is 2.32. The first-order chi connectivity index (χ1) is 12.7. The Morgan fingerprint density at radius 3 is 2.85 bits per heavy atom. The predicted molar refractivity (Wildman–Crippen MR) is 95.5 cm³/mol. The van der Waals surface area contributed by atoms with Crippen LogP contribution >= 0.6 is 0 Å². The molecule has 3 aliphatic rings. The SMILES string of the molecule is COC1(CC(=O)N2C[C@H](OCc3ccncc3)[C@H]3OCCC[C@H]32)CCC1. The number of pyridine rings is 1. The lowest BCUT2D eigenvalue weighted by Crippen LogP contribution is -2.48. The Kier molecular flexibility index (Phi) is 5.25. The minimum absolute atomic E-state index is 0.0191. The zero-order valence-electron chi connectivity index (χ0n) is 15.4. The maximum atomic E-state index is 13.0. The molecule has 4 rings (SSSR count). The summed E-state index contributed by atoms with van der Waals surface area (Å²) in [5.41, 5.74) is 0.850. The van der Waals surface area contributed by atoms with Gasteiger partial charge in [-0.25, -0.2) is 0 Å². The molecule has 0 spiro atoms. The van der Waals surface area contributed by atoms with Crippen molar-refractivity contribution in [2.45, 2.75) is 69.0 Å². The van der Waals surface area contributed by atoms with E-state index in [1.54, 1.807) is 19.5 Å². The van der Waals surface area contributed by atoms with Gasteiger partial charge in [0.15, 0.2) is 0 Å². The fraction of sp³-hybridized carbons (Fsp3) is 0.700. The number of methoxy groups -OCH3 is 1. The van der Waals surface area contributed by atoms with E-state index in [2.05, 4.69) is 4.98 Å². The molecule has 26 heavy (non-hydrogen) atoms. The number of fused-ring (bicyclic) bond motifs is 1. The van der Waals surface area contributed by atoms with Crippen molar-refractivity contribution in [3.05, 3.63) is 30.1 Å². The van der Waals surface area contributed by atoms with Crippen molar-refractivity contribution in [3.8, 4) is 0 Å². The maximum Gasteiger partial charge on any atom is 0.225 e. The number of carbonyl (C=O) groups is 1. The molecule has 0 unspecified atom stereocenters. The molecule has 1 saturated carbocycles. The molecule has 6 heteroatoms. The molecule has 0 N–H and O–H groups in total. The van der Waals surface area contributed by atoms with Crippen LogP contribution in [-0.4, -0.2) is 59.9 Å². The van der Waals surface area contributed by atoms with Gasteiger partial charge in [-0.1, -0.05) is 0 Å². The van der Waals surface area contributed by atoms with Gasteiger partial charge >= 0.3 is 0 Å². The van der Waals surface area contributed by atoms with Crippen LogP contribution in [0, 0.1) is 0 Å². The summed E-state index contributed by atoms with van der Waals surface area (Å²) in [5, 5.41) is 0. The number of hydrogen-bond acceptors (Lipinski definition) is 5. The number of hydrogen-bond donors (Lipinski definition) is 0. The van der Waals surface area contributed by atoms with Crippen molar-refractivity contribution >= 4 is 5.91 Å². The number of likely N-dealkylation sites (tertiary alicyclic amines) is 1. The summed E-state index contributed by atoms with van der Waals surface area (Å²) < 4.78 is 17.8. The van der Waals surface area contributed by atoms with E-state index in [4.69, 9.17) is 14.2 Å². The summed E-state index contributed by atoms with van der Waals surface area (Å²) in [6.45, 7) is 1.88. The van der Waals surface area contributed by atoms with E-state index in [9.17, 15) is 4.79 Å². The summed E-state index contributed by atoms with van der Waals surface area (Å²) in [6.07, 6.45) is 9.02. The second kappa shape index (κ2) is 7.62. The Bertz CT molecular complexity index is 614. The fourth-order valence-corrected chi connectivity index (χ4v) is 4.43. The molecular formula is C20H28N2O4. The lowest BCUT2D eigenvalue weighted by atomic mass is 9.77. The van der Waals surface area contributed by atoms with Gasteiger partial charge in [0.25, 0.3) is 0 Å². The molecule has 3 heterocycles. The summed E-state index contributed by atoms with van der Waals surface area (Å²) >= 11 is 0. The highest BCUT2D eigenvalue weighted by Gasteiger charge is 2.49. The third kappa shape index (κ3) is 3.50. The molecule has 1 amide bonds. The van der Waals surface area contributed by atoms with E-state index in [0.717, 1.165) is 44.3 Å². The first-order valence-electron chi connectivity index (χ1n) is 9.67. The van der Waals surface area contributed by atoms with Crippen molar-refractivity contribution in [1.29, 1.82) is 0 Å². The molecule has 142 valence electrons. The highest BCUT2D eigenvalue weighted by Crippen LogP contribution is 2.40. The van der Waals surface area contributed by atoms with Crippen LogP contribution in [0.2, 0.25) is 0 Å². The summed E-state index contributed by atoms with van der Waals surface area (Å²) in [7, 11) is 1.73. The van der Waals surface area contributed by atoms with E-state index in [-0.39, 0.29) is 29.8 Å². The van der Waals surface area contributed by atoms with Gasteiger partial charge in [-0.3, -0.25) is 9.78 Å². The average Bonchev–Trinajstić information content (AvgIpc) is 3.03. The van der Waals surface area contributed by atoms with Crippen molar-refractivity contribution in [2.75, 3.05) is 20.3 Å². The van der Waals surface area contributed by atoms with E-state index >= 15 is 0 Å². The van der Waals surface area contributed by atoms with E-state index < -0.39 is 0 Å². The van der Waals surface area contributed by atoms with Gasteiger partial charge < -0.3 is 19.1 Å². The van der Waals surface area contributed by atoms with E-state index in [1.165, 1.54) is 0 Å². The monoisotopic (exact) mass is 360 g/mol. The van der Waals surface area contributed by atoms with Crippen molar-refractivity contribution in [1.82, 2.24) is 9.88 Å². The number of ether oxygens (including phenoxy) is 3. The highest BCUT2D eigenvalue weighted by molar-refractivity contribution is 5.78. The Balaban J connectivity index is 1.41. The Hall–Kier alpha value is -1.50. The maximum absolute atomic E-state index is 13.0. The van der Waals surface area contributed by atoms with Gasteiger partial charge in [0.05, 0.1) is 24.7 Å². The van der Waals surface area contributed by atoms with Crippen LogP contribution in [-0.2, 0) is 25.6 Å². The van der Waals surface area contributed by atoms with Crippen LogP contribution in [0.4, 0.5) is 0 Å². The summed E-state index contributed by atoms with van der Waals surface area (Å²) in [4.78, 5) is 19.1. The van der Waals surface area contributed by atoms with Gasteiger partial charge in [-0.15, -0.1) is 0 Å². The largest absolute Gasteiger partial charge is 0.378 e. The molecule has 1 aromatic heterocycles. The minimum Gasteiger partial charge on any atom is -0.378 e.